The first-order valence-electron chi connectivity index (χ1n) is 13.5. The number of nitrogens with one attached hydrogen (secondary N) is 3. The molecule has 1 fully saturated rings. The molecule has 0 aliphatic carbocycles. The van der Waals surface area contributed by atoms with Crippen LogP contribution in [0.5, 0.6) is 0 Å². The van der Waals surface area contributed by atoms with Gasteiger partial charge in [0.05, 0.1) is 23.4 Å². The number of carbonyl (C=O) groups excluding carboxylic acids is 1. The summed E-state index contributed by atoms with van der Waals surface area (Å²) in [4.78, 5) is 14.0. The normalized spacial score (nSPS) is 22.3. The molecule has 0 radical (unpaired) electrons. The molecular weight excluding hydrogens is 617 g/mol. The van der Waals surface area contributed by atoms with E-state index in [0.29, 0.717) is 17.7 Å². The zero-order valence-corrected chi connectivity index (χ0v) is 26.3. The van der Waals surface area contributed by atoms with Crippen molar-refractivity contribution in [3.63, 3.8) is 0 Å². The largest absolute Gasteiger partial charge is 0.325 e. The standard InChI is InChI=1S/C31H32Cl2F2N4O3S/c1-30(2,3)15-25-31(17-36,22-13-10-19(32)14-24(22)34)26(21-6-5-7-23(33)27(21)35)28(39-25)29(40)38-20-11-8-18(9-12-20)16-37-43(4,41)42/h5-14,25-26,28,37,39H,15-16H2,1-4H3,(H,38,40)/t25-,26-,28+,31-/m0/s1. The number of benzene rings is 3. The summed E-state index contributed by atoms with van der Waals surface area (Å²) in [5.41, 5.74) is -1.08. The molecular formula is C31H32Cl2F2N4O3S. The zero-order valence-electron chi connectivity index (χ0n) is 24.0. The fraction of sp³-hybridized carbons (Fsp3) is 0.355. The lowest BCUT2D eigenvalue weighted by Crippen LogP contribution is -2.45. The Morgan fingerprint density at radius 1 is 1.09 bits per heavy atom. The van der Waals surface area contributed by atoms with Crippen LogP contribution in [0.25, 0.3) is 0 Å². The molecule has 1 amide bonds. The molecule has 1 aliphatic heterocycles. The summed E-state index contributed by atoms with van der Waals surface area (Å²) in [6.45, 7) is 5.94. The SMILES string of the molecule is CC(C)(C)C[C@@H]1N[C@@H](C(=O)Nc2ccc(CNS(C)(=O)=O)cc2)[C@H](c2cccc(Cl)c2F)[C@@]1(C#N)c1ccc(Cl)cc1F. The van der Waals surface area contributed by atoms with Crippen LogP contribution in [-0.2, 0) is 26.8 Å². The van der Waals surface area contributed by atoms with Crippen LogP contribution in [0.15, 0.2) is 60.7 Å². The van der Waals surface area contributed by atoms with E-state index in [1.165, 1.54) is 30.3 Å². The third-order valence-electron chi connectivity index (χ3n) is 7.49. The first-order chi connectivity index (χ1) is 20.1. The molecule has 1 aliphatic rings. The van der Waals surface area contributed by atoms with E-state index in [4.69, 9.17) is 23.2 Å². The molecule has 3 N–H and O–H groups in total. The minimum absolute atomic E-state index is 0.00495. The number of halogens is 4. The van der Waals surface area contributed by atoms with Gasteiger partial charge in [-0.3, -0.25) is 4.79 Å². The lowest BCUT2D eigenvalue weighted by molar-refractivity contribution is -0.118. The second-order valence-electron chi connectivity index (χ2n) is 12.0. The molecule has 1 heterocycles. The molecule has 0 aromatic heterocycles. The summed E-state index contributed by atoms with van der Waals surface area (Å²) in [5, 5.41) is 16.9. The highest BCUT2D eigenvalue weighted by atomic mass is 35.5. The van der Waals surface area contributed by atoms with E-state index < -0.39 is 51.0 Å². The third-order valence-corrected chi connectivity index (χ3v) is 8.69. The van der Waals surface area contributed by atoms with Gasteiger partial charge in [-0.1, -0.05) is 74.3 Å². The van der Waals surface area contributed by atoms with Crippen molar-refractivity contribution in [1.29, 1.82) is 5.26 Å². The van der Waals surface area contributed by atoms with Gasteiger partial charge in [-0.25, -0.2) is 21.9 Å². The molecule has 7 nitrogen and oxygen atoms in total. The van der Waals surface area contributed by atoms with Crippen LogP contribution in [0.2, 0.25) is 10.0 Å². The maximum Gasteiger partial charge on any atom is 0.242 e. The number of carbonyl (C=O) groups is 1. The van der Waals surface area contributed by atoms with Gasteiger partial charge < -0.3 is 10.6 Å². The second kappa shape index (κ2) is 12.5. The van der Waals surface area contributed by atoms with Gasteiger partial charge >= 0.3 is 0 Å². The smallest absolute Gasteiger partial charge is 0.242 e. The fourth-order valence-corrected chi connectivity index (χ4v) is 6.47. The number of amides is 1. The van der Waals surface area contributed by atoms with Crippen LogP contribution >= 0.6 is 23.2 Å². The van der Waals surface area contributed by atoms with Gasteiger partial charge in [0, 0.05) is 34.8 Å². The van der Waals surface area contributed by atoms with E-state index in [1.807, 2.05) is 20.8 Å². The molecule has 0 spiro atoms. The topological polar surface area (TPSA) is 111 Å². The molecule has 3 aromatic carbocycles. The molecule has 0 unspecified atom stereocenters. The predicted octanol–water partition coefficient (Wildman–Crippen LogP) is 6.28. The Morgan fingerprint density at radius 2 is 1.77 bits per heavy atom. The van der Waals surface area contributed by atoms with Crippen molar-refractivity contribution >= 4 is 44.8 Å². The minimum Gasteiger partial charge on any atom is -0.325 e. The Kier molecular flexibility index (Phi) is 9.55. The Balaban J connectivity index is 1.83. The zero-order chi connectivity index (χ0) is 31.7. The van der Waals surface area contributed by atoms with Gasteiger partial charge in [-0.15, -0.1) is 0 Å². The summed E-state index contributed by atoms with van der Waals surface area (Å²) >= 11 is 12.2. The van der Waals surface area contributed by atoms with E-state index >= 15 is 8.78 Å². The fourth-order valence-electron chi connectivity index (χ4n) is 5.70. The highest BCUT2D eigenvalue weighted by Crippen LogP contribution is 2.52. The third kappa shape index (κ3) is 7.19. The van der Waals surface area contributed by atoms with Gasteiger partial charge in [0.25, 0.3) is 0 Å². The van der Waals surface area contributed by atoms with Gasteiger partial charge in [0.15, 0.2) is 0 Å². The van der Waals surface area contributed by atoms with Gasteiger partial charge in [-0.05, 0) is 53.3 Å². The number of nitrogens with zero attached hydrogens (tertiary/aromatic N) is 1. The van der Waals surface area contributed by atoms with Gasteiger partial charge in [0.2, 0.25) is 15.9 Å². The van der Waals surface area contributed by atoms with Crippen molar-refractivity contribution in [3.05, 3.63) is 99.0 Å². The van der Waals surface area contributed by atoms with Crippen LogP contribution < -0.4 is 15.4 Å². The lowest BCUT2D eigenvalue weighted by Gasteiger charge is -2.37. The number of rotatable bonds is 8. The highest BCUT2D eigenvalue weighted by Gasteiger charge is 2.61. The van der Waals surface area contributed by atoms with Crippen LogP contribution in [0.3, 0.4) is 0 Å². The first-order valence-corrected chi connectivity index (χ1v) is 16.1. The number of nitriles is 1. The molecule has 12 heteroatoms. The van der Waals surface area contributed by atoms with Crippen LogP contribution in [0.1, 0.15) is 49.8 Å². The number of anilines is 1. The average Bonchev–Trinajstić information content (AvgIpc) is 3.22. The Morgan fingerprint density at radius 3 is 2.35 bits per heavy atom. The number of sulfonamides is 1. The highest BCUT2D eigenvalue weighted by molar-refractivity contribution is 7.88. The monoisotopic (exact) mass is 648 g/mol. The summed E-state index contributed by atoms with van der Waals surface area (Å²) in [6, 6.07) is 15.2. The summed E-state index contributed by atoms with van der Waals surface area (Å²) in [5.74, 6) is -3.32. The van der Waals surface area contributed by atoms with E-state index in [0.717, 1.165) is 12.3 Å². The molecule has 0 bridgehead atoms. The number of hydrogen-bond donors (Lipinski definition) is 3. The molecule has 43 heavy (non-hydrogen) atoms. The van der Waals surface area contributed by atoms with E-state index in [-0.39, 0.29) is 33.1 Å². The molecule has 228 valence electrons. The Labute approximate surface area is 260 Å². The molecule has 0 saturated carbocycles. The lowest BCUT2D eigenvalue weighted by atomic mass is 9.62. The Bertz CT molecular complexity index is 1670. The summed E-state index contributed by atoms with van der Waals surface area (Å²) in [7, 11) is -3.39. The molecule has 4 rings (SSSR count). The average molecular weight is 650 g/mol. The first kappa shape index (κ1) is 32.8. The van der Waals surface area contributed by atoms with Crippen molar-refractivity contribution in [1.82, 2.24) is 10.0 Å². The summed E-state index contributed by atoms with van der Waals surface area (Å²) in [6.07, 6.45) is 1.40. The maximum atomic E-state index is 15.8. The van der Waals surface area contributed by atoms with Gasteiger partial charge in [0.1, 0.15) is 17.0 Å². The van der Waals surface area contributed by atoms with Crippen LogP contribution in [0, 0.1) is 28.4 Å². The predicted molar refractivity (Wildman–Crippen MR) is 164 cm³/mol. The molecule has 4 atom stereocenters. The van der Waals surface area contributed by atoms with E-state index in [2.05, 4.69) is 21.4 Å². The summed E-state index contributed by atoms with van der Waals surface area (Å²) < 4.78 is 56.8. The van der Waals surface area contributed by atoms with Crippen molar-refractivity contribution in [3.8, 4) is 6.07 Å². The quantitative estimate of drug-likeness (QED) is 0.266. The van der Waals surface area contributed by atoms with Crippen molar-refractivity contribution in [2.45, 2.75) is 57.2 Å². The second-order valence-corrected chi connectivity index (χ2v) is 14.6. The van der Waals surface area contributed by atoms with Crippen LogP contribution in [-0.4, -0.2) is 32.7 Å². The number of hydrogen-bond acceptors (Lipinski definition) is 5. The van der Waals surface area contributed by atoms with Crippen molar-refractivity contribution < 1.29 is 22.0 Å². The minimum atomic E-state index is -3.39. The maximum absolute atomic E-state index is 15.8. The van der Waals surface area contributed by atoms with E-state index in [1.54, 1.807) is 24.3 Å². The van der Waals surface area contributed by atoms with Crippen LogP contribution in [0.4, 0.5) is 14.5 Å². The van der Waals surface area contributed by atoms with Crippen molar-refractivity contribution in [2.24, 2.45) is 5.41 Å². The molecule has 3 aromatic rings. The van der Waals surface area contributed by atoms with Gasteiger partial charge in [-0.2, -0.15) is 5.26 Å². The Hall–Kier alpha value is -3.07. The van der Waals surface area contributed by atoms with E-state index in [9.17, 15) is 18.5 Å². The molecule has 1 saturated heterocycles. The van der Waals surface area contributed by atoms with Crippen molar-refractivity contribution in [2.75, 3.05) is 11.6 Å².